The van der Waals surface area contributed by atoms with Crippen LogP contribution in [0.25, 0.3) is 11.1 Å². The van der Waals surface area contributed by atoms with Crippen LogP contribution < -0.4 is 10.7 Å². The van der Waals surface area contributed by atoms with E-state index in [1.54, 1.807) is 24.5 Å². The third kappa shape index (κ3) is 3.44. The second-order valence-electron chi connectivity index (χ2n) is 5.35. The fourth-order valence-corrected chi connectivity index (χ4v) is 2.63. The van der Waals surface area contributed by atoms with Crippen LogP contribution in [0.4, 0.5) is 20.3 Å². The van der Waals surface area contributed by atoms with E-state index in [-0.39, 0.29) is 11.4 Å². The van der Waals surface area contributed by atoms with E-state index < -0.39 is 28.2 Å². The summed E-state index contributed by atoms with van der Waals surface area (Å²) in [4.78, 5) is 8.04. The van der Waals surface area contributed by atoms with Crippen molar-refractivity contribution in [1.29, 1.82) is 10.9 Å². The number of amidine groups is 1. The molecule has 10 heteroatoms. The molecule has 4 N–H and O–H groups in total. The van der Waals surface area contributed by atoms with Crippen molar-refractivity contribution < 1.29 is 8.78 Å². The van der Waals surface area contributed by atoms with Crippen LogP contribution in [0.1, 0.15) is 5.56 Å². The number of halogens is 3. The van der Waals surface area contributed by atoms with Crippen LogP contribution in [0, 0.1) is 22.6 Å². The molecule has 0 spiro atoms. The van der Waals surface area contributed by atoms with Crippen molar-refractivity contribution in [2.24, 2.45) is 5.22 Å². The molecule has 27 heavy (non-hydrogen) atoms. The molecule has 0 unspecified atom stereocenters. The van der Waals surface area contributed by atoms with Gasteiger partial charge in [-0.2, -0.15) is 10.5 Å². The molecule has 136 valence electrons. The number of nitrogen functional groups attached to an aromatic ring is 1. The van der Waals surface area contributed by atoms with Crippen LogP contribution in [0.2, 0.25) is 5.02 Å². The zero-order valence-corrected chi connectivity index (χ0v) is 14.4. The number of benzene rings is 1. The van der Waals surface area contributed by atoms with E-state index >= 15 is 0 Å². The fraction of sp³-hybridized carbons (Fsp3) is 0. The van der Waals surface area contributed by atoms with Crippen molar-refractivity contribution in [3.63, 3.8) is 0 Å². The Morgan fingerprint density at radius 3 is 2.56 bits per heavy atom. The Hall–Kier alpha value is -3.46. The van der Waals surface area contributed by atoms with Gasteiger partial charge in [0.25, 0.3) is 0 Å². The van der Waals surface area contributed by atoms with Gasteiger partial charge in [-0.1, -0.05) is 22.9 Å². The number of anilines is 2. The lowest BCUT2D eigenvalue weighted by Crippen LogP contribution is -2.27. The Kier molecular flexibility index (Phi) is 5.04. The van der Waals surface area contributed by atoms with Crippen LogP contribution >= 0.6 is 11.6 Å². The van der Waals surface area contributed by atoms with Crippen LogP contribution in [0.15, 0.2) is 54.1 Å². The highest BCUT2D eigenvalue weighted by Crippen LogP contribution is 2.33. The van der Waals surface area contributed by atoms with Crippen LogP contribution in [0.5, 0.6) is 0 Å². The molecule has 0 aliphatic carbocycles. The van der Waals surface area contributed by atoms with Crippen LogP contribution in [-0.4, -0.2) is 15.8 Å². The zero-order chi connectivity index (χ0) is 19.6. The van der Waals surface area contributed by atoms with Crippen molar-refractivity contribution in [2.45, 2.75) is 0 Å². The summed E-state index contributed by atoms with van der Waals surface area (Å²) in [5.74, 6) is -2.40. The number of nitrogens with one attached hydrogen (secondary N) is 2. The van der Waals surface area contributed by atoms with Gasteiger partial charge in [-0.25, -0.2) is 13.8 Å². The Bertz CT molecular complexity index is 1030. The number of aromatic nitrogens is 2. The predicted molar refractivity (Wildman–Crippen MR) is 97.7 cm³/mol. The summed E-state index contributed by atoms with van der Waals surface area (Å²) in [6.07, 6.45) is 4.68. The maximum atomic E-state index is 14.2. The molecule has 0 aliphatic heterocycles. The Balaban J connectivity index is 2.09. The minimum absolute atomic E-state index is 0.0470. The van der Waals surface area contributed by atoms with Gasteiger partial charge >= 0.3 is 0 Å². The van der Waals surface area contributed by atoms with Crippen molar-refractivity contribution in [3.8, 4) is 11.1 Å². The molecular formula is C17H12ClF2N7. The summed E-state index contributed by atoms with van der Waals surface area (Å²) in [6, 6.07) is 6.69. The first-order valence-corrected chi connectivity index (χ1v) is 7.87. The summed E-state index contributed by atoms with van der Waals surface area (Å²) in [7, 11) is 0. The molecule has 1 aromatic carbocycles. The van der Waals surface area contributed by atoms with E-state index in [0.717, 1.165) is 12.1 Å². The molecule has 0 aliphatic rings. The Morgan fingerprint density at radius 1 is 1.15 bits per heavy atom. The Morgan fingerprint density at radius 2 is 1.89 bits per heavy atom. The molecule has 7 nitrogen and oxygen atoms in total. The smallest absolute Gasteiger partial charge is 0.159 e. The van der Waals surface area contributed by atoms with Crippen molar-refractivity contribution in [2.75, 3.05) is 10.7 Å². The van der Waals surface area contributed by atoms with Gasteiger partial charge in [-0.3, -0.25) is 10.4 Å². The highest BCUT2D eigenvalue weighted by molar-refractivity contribution is 6.34. The second kappa shape index (κ2) is 7.42. The summed E-state index contributed by atoms with van der Waals surface area (Å²) in [5.41, 5.74) is 14.0. The molecule has 3 rings (SSSR count). The molecule has 0 saturated carbocycles. The molecule has 0 atom stereocenters. The van der Waals surface area contributed by atoms with Crippen molar-refractivity contribution in [1.82, 2.24) is 9.97 Å². The quantitative estimate of drug-likeness (QED) is 0.202. The fourth-order valence-electron chi connectivity index (χ4n) is 2.39. The monoisotopic (exact) mass is 387 g/mol. The SMILES string of the molecule is N=NN(C(=N)c1cc(-c2cccnc2)cnc1N)c1c(F)ccc(F)c1Cl. The van der Waals surface area contributed by atoms with Crippen molar-refractivity contribution >= 4 is 28.9 Å². The minimum Gasteiger partial charge on any atom is -0.383 e. The molecule has 0 saturated heterocycles. The van der Waals surface area contributed by atoms with Gasteiger partial charge in [-0.05, 0) is 24.3 Å². The van der Waals surface area contributed by atoms with E-state index in [1.165, 1.54) is 12.3 Å². The second-order valence-corrected chi connectivity index (χ2v) is 5.73. The van der Waals surface area contributed by atoms with Gasteiger partial charge in [0.2, 0.25) is 0 Å². The van der Waals surface area contributed by atoms with E-state index in [1.807, 2.05) is 0 Å². The maximum Gasteiger partial charge on any atom is 0.159 e. The van der Waals surface area contributed by atoms with Gasteiger partial charge in [0.15, 0.2) is 11.7 Å². The molecule has 0 bridgehead atoms. The highest BCUT2D eigenvalue weighted by atomic mass is 35.5. The summed E-state index contributed by atoms with van der Waals surface area (Å²) >= 11 is 5.82. The van der Waals surface area contributed by atoms with E-state index in [9.17, 15) is 8.78 Å². The highest BCUT2D eigenvalue weighted by Gasteiger charge is 2.25. The van der Waals surface area contributed by atoms with Gasteiger partial charge in [-0.15, -0.1) is 0 Å². The molecular weight excluding hydrogens is 376 g/mol. The third-order valence-corrected chi connectivity index (χ3v) is 4.07. The number of hydrogen-bond acceptors (Lipinski definition) is 6. The first-order chi connectivity index (χ1) is 12.9. The average molecular weight is 388 g/mol. The molecule has 0 fully saturated rings. The van der Waals surface area contributed by atoms with E-state index in [0.29, 0.717) is 16.1 Å². The maximum absolute atomic E-state index is 14.2. The molecule has 0 amide bonds. The Labute approximate surface area is 157 Å². The molecule has 2 aromatic heterocycles. The van der Waals surface area contributed by atoms with Gasteiger partial charge in [0.1, 0.15) is 22.3 Å². The van der Waals surface area contributed by atoms with E-state index in [2.05, 4.69) is 15.2 Å². The van der Waals surface area contributed by atoms with Crippen LogP contribution in [-0.2, 0) is 0 Å². The summed E-state index contributed by atoms with van der Waals surface area (Å²) in [6.45, 7) is 0. The molecule has 0 radical (unpaired) electrons. The first kappa shape index (κ1) is 18.3. The normalized spacial score (nSPS) is 10.5. The number of rotatable bonds is 4. The number of pyridine rings is 2. The summed E-state index contributed by atoms with van der Waals surface area (Å²) < 4.78 is 27.9. The molecule has 2 heterocycles. The van der Waals surface area contributed by atoms with Crippen molar-refractivity contribution in [3.05, 3.63) is 71.1 Å². The van der Waals surface area contributed by atoms with Crippen LogP contribution in [0.3, 0.4) is 0 Å². The lowest BCUT2D eigenvalue weighted by Gasteiger charge is -2.20. The largest absolute Gasteiger partial charge is 0.383 e. The lowest BCUT2D eigenvalue weighted by molar-refractivity contribution is 0.599. The number of hydrogen-bond donors (Lipinski definition) is 3. The molecule has 3 aromatic rings. The number of nitrogens with zero attached hydrogens (tertiary/aromatic N) is 4. The van der Waals surface area contributed by atoms with Gasteiger partial charge in [0, 0.05) is 29.7 Å². The van der Waals surface area contributed by atoms with Gasteiger partial charge < -0.3 is 5.73 Å². The minimum atomic E-state index is -0.947. The van der Waals surface area contributed by atoms with Gasteiger partial charge in [0.05, 0.1) is 5.56 Å². The third-order valence-electron chi connectivity index (χ3n) is 3.71. The van der Waals surface area contributed by atoms with E-state index in [4.69, 9.17) is 28.3 Å². The zero-order valence-electron chi connectivity index (χ0n) is 13.6. The predicted octanol–water partition coefficient (Wildman–Crippen LogP) is 4.44. The standard InChI is InChI=1S/C17H12ClF2N7/c18-14-12(19)3-4-13(20)15(14)27(26-23)17(22)11-6-10(8-25-16(11)21)9-2-1-5-24-7-9/h1-8,22-23H,(H2,21,25). The number of nitrogens with two attached hydrogens (primary N) is 1. The summed E-state index contributed by atoms with van der Waals surface area (Å²) in [5, 5.41) is 11.4. The topological polar surface area (TPSA) is 115 Å². The first-order valence-electron chi connectivity index (χ1n) is 7.50. The average Bonchev–Trinajstić information content (AvgIpc) is 2.69. The lowest BCUT2D eigenvalue weighted by atomic mass is 10.1.